The summed E-state index contributed by atoms with van der Waals surface area (Å²) in [6, 6.07) is -0.393. The van der Waals surface area contributed by atoms with Gasteiger partial charge in [-0.2, -0.15) is 0 Å². The Morgan fingerprint density at radius 1 is 1.53 bits per heavy atom. The zero-order chi connectivity index (χ0) is 13.0. The molecular formula is C11H20N2O4. The van der Waals surface area contributed by atoms with Crippen molar-refractivity contribution in [3.8, 4) is 0 Å². The largest absolute Gasteiger partial charge is 0.481 e. The van der Waals surface area contributed by atoms with Crippen molar-refractivity contribution < 1.29 is 19.4 Å². The highest BCUT2D eigenvalue weighted by molar-refractivity contribution is 5.78. The smallest absolute Gasteiger partial charge is 0.311 e. The summed E-state index contributed by atoms with van der Waals surface area (Å²) in [4.78, 5) is 24.3. The lowest BCUT2D eigenvalue weighted by Gasteiger charge is -2.26. The highest BCUT2D eigenvalue weighted by Crippen LogP contribution is 2.19. The Balaban J connectivity index is 2.53. The molecule has 0 aromatic heterocycles. The quantitative estimate of drug-likeness (QED) is 0.691. The third kappa shape index (κ3) is 3.67. The molecule has 3 N–H and O–H groups in total. The van der Waals surface area contributed by atoms with Gasteiger partial charge in [0.1, 0.15) is 5.92 Å². The Labute approximate surface area is 101 Å². The molecule has 0 spiro atoms. The first-order valence-electron chi connectivity index (χ1n) is 5.75. The molecule has 3 atom stereocenters. The van der Waals surface area contributed by atoms with E-state index in [0.717, 1.165) is 0 Å². The van der Waals surface area contributed by atoms with E-state index in [1.54, 1.807) is 7.05 Å². The Kier molecular flexibility index (Phi) is 4.89. The number of amides is 1. The van der Waals surface area contributed by atoms with Crippen molar-refractivity contribution in [3.63, 3.8) is 0 Å². The van der Waals surface area contributed by atoms with Crippen molar-refractivity contribution >= 4 is 11.9 Å². The van der Waals surface area contributed by atoms with E-state index < -0.39 is 11.9 Å². The van der Waals surface area contributed by atoms with Crippen LogP contribution in [0.3, 0.4) is 0 Å². The van der Waals surface area contributed by atoms with Crippen molar-refractivity contribution in [1.29, 1.82) is 0 Å². The molecule has 6 nitrogen and oxygen atoms in total. The molecular weight excluding hydrogens is 224 g/mol. The first-order chi connectivity index (χ1) is 7.93. The van der Waals surface area contributed by atoms with E-state index in [4.69, 9.17) is 15.6 Å². The van der Waals surface area contributed by atoms with Crippen LogP contribution in [-0.2, 0) is 14.3 Å². The van der Waals surface area contributed by atoms with E-state index in [1.165, 1.54) is 4.90 Å². The lowest BCUT2D eigenvalue weighted by atomic mass is 10.0. The van der Waals surface area contributed by atoms with Crippen molar-refractivity contribution in [2.45, 2.75) is 31.8 Å². The minimum atomic E-state index is -0.917. The highest BCUT2D eigenvalue weighted by atomic mass is 16.5. The molecule has 1 saturated heterocycles. The number of likely N-dealkylation sites (N-methyl/N-ethyl adjacent to an activating group) is 1. The van der Waals surface area contributed by atoms with Crippen LogP contribution >= 0.6 is 0 Å². The first-order valence-corrected chi connectivity index (χ1v) is 5.75. The minimum absolute atomic E-state index is 0.0255. The average Bonchev–Trinajstić information content (AvgIpc) is 2.73. The molecule has 1 amide bonds. The number of carbonyl (C=O) groups is 2. The molecule has 0 radical (unpaired) electrons. The van der Waals surface area contributed by atoms with Crippen molar-refractivity contribution in [2.24, 2.45) is 11.7 Å². The van der Waals surface area contributed by atoms with E-state index in [-0.39, 0.29) is 31.2 Å². The van der Waals surface area contributed by atoms with Crippen molar-refractivity contribution in [2.75, 3.05) is 20.3 Å². The summed E-state index contributed by atoms with van der Waals surface area (Å²) in [5.41, 5.74) is 5.58. The van der Waals surface area contributed by atoms with E-state index in [9.17, 15) is 9.59 Å². The van der Waals surface area contributed by atoms with Crippen LogP contribution < -0.4 is 5.73 Å². The number of carbonyl (C=O) groups excluding carboxylic acids is 1. The van der Waals surface area contributed by atoms with Crippen molar-refractivity contribution in [3.05, 3.63) is 0 Å². The SMILES string of the molecule is CC(N)CCC(=O)N(C)C1COCC1C(=O)O. The number of carboxylic acids is 1. The van der Waals surface area contributed by atoms with E-state index >= 15 is 0 Å². The molecule has 0 aliphatic carbocycles. The molecule has 1 aliphatic heterocycles. The first kappa shape index (κ1) is 13.9. The molecule has 6 heteroatoms. The number of ether oxygens (including phenoxy) is 1. The van der Waals surface area contributed by atoms with Gasteiger partial charge < -0.3 is 20.5 Å². The third-order valence-corrected chi connectivity index (χ3v) is 3.07. The molecule has 0 saturated carbocycles. The van der Waals surface area contributed by atoms with E-state index in [2.05, 4.69) is 0 Å². The lowest BCUT2D eigenvalue weighted by Crippen LogP contribution is -2.44. The average molecular weight is 244 g/mol. The maximum absolute atomic E-state index is 11.8. The molecule has 17 heavy (non-hydrogen) atoms. The third-order valence-electron chi connectivity index (χ3n) is 3.07. The van der Waals surface area contributed by atoms with Gasteiger partial charge in [-0.3, -0.25) is 9.59 Å². The van der Waals surface area contributed by atoms with Gasteiger partial charge in [0.2, 0.25) is 5.91 Å². The van der Waals surface area contributed by atoms with Gasteiger partial charge in [-0.05, 0) is 13.3 Å². The number of carboxylic acid groups (broad SMARTS) is 1. The van der Waals surface area contributed by atoms with Gasteiger partial charge in [0.05, 0.1) is 19.3 Å². The summed E-state index contributed by atoms with van der Waals surface area (Å²) >= 11 is 0. The fourth-order valence-electron chi connectivity index (χ4n) is 1.87. The molecule has 1 rings (SSSR count). The molecule has 1 fully saturated rings. The van der Waals surface area contributed by atoms with Crippen LogP contribution in [0.1, 0.15) is 19.8 Å². The zero-order valence-electron chi connectivity index (χ0n) is 10.3. The molecule has 3 unspecified atom stereocenters. The summed E-state index contributed by atoms with van der Waals surface area (Å²) in [6.45, 7) is 2.30. The predicted molar refractivity (Wildman–Crippen MR) is 61.4 cm³/mol. The topological polar surface area (TPSA) is 92.9 Å². The number of hydrogen-bond acceptors (Lipinski definition) is 4. The van der Waals surface area contributed by atoms with Crippen molar-refractivity contribution in [1.82, 2.24) is 4.90 Å². The van der Waals surface area contributed by atoms with Crippen LogP contribution in [0.15, 0.2) is 0 Å². The Morgan fingerprint density at radius 2 is 2.18 bits per heavy atom. The number of hydrogen-bond donors (Lipinski definition) is 2. The van der Waals surface area contributed by atoms with Gasteiger partial charge in [-0.25, -0.2) is 0 Å². The number of nitrogens with two attached hydrogens (primary N) is 1. The molecule has 0 aromatic carbocycles. The molecule has 0 aromatic rings. The van der Waals surface area contributed by atoms with Crippen LogP contribution in [0.25, 0.3) is 0 Å². The Hall–Kier alpha value is -1.14. The van der Waals surface area contributed by atoms with Crippen LogP contribution in [-0.4, -0.2) is 54.2 Å². The molecule has 1 aliphatic rings. The molecule has 98 valence electrons. The summed E-state index contributed by atoms with van der Waals surface area (Å²) in [5.74, 6) is -1.62. The summed E-state index contributed by atoms with van der Waals surface area (Å²) in [5, 5.41) is 8.99. The maximum atomic E-state index is 11.8. The number of nitrogens with zero attached hydrogens (tertiary/aromatic N) is 1. The molecule has 1 heterocycles. The fraction of sp³-hybridized carbons (Fsp3) is 0.818. The fourth-order valence-corrected chi connectivity index (χ4v) is 1.87. The van der Waals surface area contributed by atoms with Gasteiger partial charge in [0.15, 0.2) is 0 Å². The highest BCUT2D eigenvalue weighted by Gasteiger charge is 2.38. The molecule has 0 bridgehead atoms. The van der Waals surface area contributed by atoms with Gasteiger partial charge in [0.25, 0.3) is 0 Å². The van der Waals surface area contributed by atoms with E-state index in [0.29, 0.717) is 12.8 Å². The second-order valence-electron chi connectivity index (χ2n) is 4.57. The van der Waals surface area contributed by atoms with E-state index in [1.807, 2.05) is 6.92 Å². The second kappa shape index (κ2) is 5.97. The monoisotopic (exact) mass is 244 g/mol. The standard InChI is InChI=1S/C11H20N2O4/c1-7(12)3-4-10(14)13(2)9-6-17-5-8(9)11(15)16/h7-9H,3-6,12H2,1-2H3,(H,15,16). The van der Waals surface area contributed by atoms with Crippen LogP contribution in [0.5, 0.6) is 0 Å². The van der Waals surface area contributed by atoms with Crippen LogP contribution in [0.4, 0.5) is 0 Å². The number of aliphatic carboxylic acids is 1. The zero-order valence-corrected chi connectivity index (χ0v) is 10.3. The predicted octanol–water partition coefficient (Wildman–Crippen LogP) is -0.328. The van der Waals surface area contributed by atoms with Gasteiger partial charge in [-0.15, -0.1) is 0 Å². The summed E-state index contributed by atoms with van der Waals surface area (Å²) in [6.07, 6.45) is 0.950. The second-order valence-corrected chi connectivity index (χ2v) is 4.57. The van der Waals surface area contributed by atoms with Crippen LogP contribution in [0, 0.1) is 5.92 Å². The summed E-state index contributed by atoms with van der Waals surface area (Å²) < 4.78 is 5.13. The Morgan fingerprint density at radius 3 is 2.71 bits per heavy atom. The van der Waals surface area contributed by atoms with Gasteiger partial charge in [0, 0.05) is 19.5 Å². The van der Waals surface area contributed by atoms with Crippen LogP contribution in [0.2, 0.25) is 0 Å². The normalized spacial score (nSPS) is 25.6. The van der Waals surface area contributed by atoms with Gasteiger partial charge >= 0.3 is 5.97 Å². The Bertz CT molecular complexity index is 293. The summed E-state index contributed by atoms with van der Waals surface area (Å²) in [7, 11) is 1.62. The lowest BCUT2D eigenvalue weighted by molar-refractivity contribution is -0.144. The van der Waals surface area contributed by atoms with Gasteiger partial charge in [-0.1, -0.05) is 0 Å². The maximum Gasteiger partial charge on any atom is 0.311 e. The number of rotatable bonds is 5. The minimum Gasteiger partial charge on any atom is -0.481 e.